The quantitative estimate of drug-likeness (QED) is 0.676. The summed E-state index contributed by atoms with van der Waals surface area (Å²) in [5, 5.41) is 13.3. The molecule has 0 amide bonds. The predicted octanol–water partition coefficient (Wildman–Crippen LogP) is 2.93. The third-order valence-corrected chi connectivity index (χ3v) is 3.55. The number of phenolic OH excluding ortho intramolecular Hbond substituents is 1. The molecule has 0 spiro atoms. The number of ether oxygens (including phenoxy) is 1. The van der Waals surface area contributed by atoms with E-state index in [0.717, 1.165) is 23.9 Å². The lowest BCUT2D eigenvalue weighted by atomic mass is 10.1. The average Bonchev–Trinajstić information content (AvgIpc) is 2.97. The summed E-state index contributed by atoms with van der Waals surface area (Å²) in [6.45, 7) is 0.433. The molecule has 24 heavy (non-hydrogen) atoms. The molecule has 3 aromatic rings. The van der Waals surface area contributed by atoms with Crippen molar-refractivity contribution in [2.24, 2.45) is 0 Å². The van der Waals surface area contributed by atoms with Crippen molar-refractivity contribution in [1.82, 2.24) is 9.78 Å². The zero-order valence-corrected chi connectivity index (χ0v) is 13.1. The van der Waals surface area contributed by atoms with E-state index in [0.29, 0.717) is 12.3 Å². The standard InChI is InChI=1S/C18H18N2O4/c21-16-11-9-15(10-12-16)20-18(22)24-17(19-20)23-13-5-4-8-14-6-2-1-3-7-14/h1-3,6-7,9-12,21H,4-5,8,13H2. The van der Waals surface area contributed by atoms with E-state index >= 15 is 0 Å². The maximum Gasteiger partial charge on any atom is 0.444 e. The van der Waals surface area contributed by atoms with Crippen LogP contribution in [0.3, 0.4) is 0 Å². The second-order valence-corrected chi connectivity index (χ2v) is 5.35. The van der Waals surface area contributed by atoms with Crippen molar-refractivity contribution in [3.63, 3.8) is 0 Å². The van der Waals surface area contributed by atoms with Gasteiger partial charge in [-0.15, -0.1) is 0 Å². The van der Waals surface area contributed by atoms with Crippen LogP contribution in [-0.2, 0) is 6.42 Å². The molecule has 6 nitrogen and oxygen atoms in total. The zero-order chi connectivity index (χ0) is 16.8. The van der Waals surface area contributed by atoms with E-state index in [9.17, 15) is 9.90 Å². The minimum atomic E-state index is -0.625. The van der Waals surface area contributed by atoms with Gasteiger partial charge in [0.05, 0.1) is 12.3 Å². The number of rotatable bonds is 7. The Bertz CT molecular complexity index is 822. The molecule has 0 saturated carbocycles. The van der Waals surface area contributed by atoms with Crippen LogP contribution in [0.2, 0.25) is 0 Å². The van der Waals surface area contributed by atoms with Gasteiger partial charge in [-0.1, -0.05) is 35.4 Å². The van der Waals surface area contributed by atoms with Crippen LogP contribution < -0.4 is 10.5 Å². The Morgan fingerprint density at radius 3 is 2.54 bits per heavy atom. The Morgan fingerprint density at radius 2 is 1.79 bits per heavy atom. The van der Waals surface area contributed by atoms with Gasteiger partial charge in [0.2, 0.25) is 0 Å². The number of phenols is 1. The highest BCUT2D eigenvalue weighted by Gasteiger charge is 2.10. The Balaban J connectivity index is 1.50. The summed E-state index contributed by atoms with van der Waals surface area (Å²) < 4.78 is 11.5. The van der Waals surface area contributed by atoms with Gasteiger partial charge >= 0.3 is 11.8 Å². The molecule has 124 valence electrons. The molecule has 0 aliphatic carbocycles. The lowest BCUT2D eigenvalue weighted by Crippen LogP contribution is -2.13. The maximum absolute atomic E-state index is 11.8. The first-order valence-electron chi connectivity index (χ1n) is 7.79. The summed E-state index contributed by atoms with van der Waals surface area (Å²) in [5.41, 5.74) is 1.79. The van der Waals surface area contributed by atoms with E-state index in [1.807, 2.05) is 18.2 Å². The van der Waals surface area contributed by atoms with Crippen molar-refractivity contribution in [2.45, 2.75) is 19.3 Å². The van der Waals surface area contributed by atoms with Crippen LogP contribution in [0.1, 0.15) is 18.4 Å². The lowest BCUT2D eigenvalue weighted by molar-refractivity contribution is 0.220. The highest BCUT2D eigenvalue weighted by molar-refractivity contribution is 5.35. The number of unbranched alkanes of at least 4 members (excludes halogenated alkanes) is 1. The highest BCUT2D eigenvalue weighted by Crippen LogP contribution is 2.13. The molecule has 1 N–H and O–H groups in total. The largest absolute Gasteiger partial charge is 0.508 e. The topological polar surface area (TPSA) is 77.5 Å². The molecule has 0 aliphatic rings. The number of hydrogen-bond acceptors (Lipinski definition) is 5. The molecular weight excluding hydrogens is 308 g/mol. The number of aromatic hydroxyl groups is 1. The van der Waals surface area contributed by atoms with Crippen molar-refractivity contribution < 1.29 is 14.3 Å². The van der Waals surface area contributed by atoms with Gasteiger partial charge in [0.25, 0.3) is 0 Å². The summed E-state index contributed by atoms with van der Waals surface area (Å²) in [7, 11) is 0. The smallest absolute Gasteiger partial charge is 0.444 e. The van der Waals surface area contributed by atoms with Gasteiger partial charge in [-0.25, -0.2) is 4.79 Å². The normalized spacial score (nSPS) is 10.7. The fraction of sp³-hybridized carbons (Fsp3) is 0.222. The first kappa shape index (κ1) is 15.9. The SMILES string of the molecule is O=c1oc(OCCCCc2ccccc2)nn1-c1ccc(O)cc1. The van der Waals surface area contributed by atoms with Gasteiger partial charge in [0, 0.05) is 0 Å². The van der Waals surface area contributed by atoms with Crippen molar-refractivity contribution >= 4 is 0 Å². The van der Waals surface area contributed by atoms with E-state index in [1.165, 1.54) is 17.7 Å². The van der Waals surface area contributed by atoms with Crippen LogP contribution >= 0.6 is 0 Å². The predicted molar refractivity (Wildman–Crippen MR) is 88.6 cm³/mol. The Labute approximate surface area is 138 Å². The lowest BCUT2D eigenvalue weighted by Gasteiger charge is -2.02. The second-order valence-electron chi connectivity index (χ2n) is 5.35. The molecule has 0 aliphatic heterocycles. The molecule has 1 heterocycles. The molecule has 0 radical (unpaired) electrons. The molecule has 0 saturated heterocycles. The third-order valence-electron chi connectivity index (χ3n) is 3.55. The summed E-state index contributed by atoms with van der Waals surface area (Å²) in [5.74, 6) is -0.509. The molecule has 0 unspecified atom stereocenters. The Hall–Kier alpha value is -3.02. The molecule has 0 fully saturated rings. The molecule has 1 aromatic heterocycles. The summed E-state index contributed by atoms with van der Waals surface area (Å²) in [6.07, 6.45) is 2.75. The molecule has 0 atom stereocenters. The molecular formula is C18H18N2O4. The Morgan fingerprint density at radius 1 is 1.04 bits per heavy atom. The fourth-order valence-electron chi connectivity index (χ4n) is 2.31. The first-order valence-corrected chi connectivity index (χ1v) is 7.79. The van der Waals surface area contributed by atoms with Crippen molar-refractivity contribution in [1.29, 1.82) is 0 Å². The molecule has 0 bridgehead atoms. The summed E-state index contributed by atoms with van der Waals surface area (Å²) in [6, 6.07) is 16.3. The van der Waals surface area contributed by atoms with Crippen molar-refractivity contribution in [3.05, 3.63) is 70.7 Å². The number of aryl methyl sites for hydroxylation is 1. The van der Waals surface area contributed by atoms with Crippen LogP contribution in [0.4, 0.5) is 0 Å². The fourth-order valence-corrected chi connectivity index (χ4v) is 2.31. The van der Waals surface area contributed by atoms with Crippen LogP contribution in [0.5, 0.6) is 11.8 Å². The average molecular weight is 326 g/mol. The third kappa shape index (κ3) is 4.04. The Kier molecular flexibility index (Phi) is 4.96. The maximum atomic E-state index is 11.8. The van der Waals surface area contributed by atoms with Crippen molar-refractivity contribution in [3.8, 4) is 17.5 Å². The van der Waals surface area contributed by atoms with Crippen molar-refractivity contribution in [2.75, 3.05) is 6.61 Å². The number of benzene rings is 2. The van der Waals surface area contributed by atoms with E-state index in [-0.39, 0.29) is 11.8 Å². The van der Waals surface area contributed by atoms with Crippen LogP contribution in [-0.4, -0.2) is 21.5 Å². The van der Waals surface area contributed by atoms with Crippen LogP contribution in [0, 0.1) is 0 Å². The van der Waals surface area contributed by atoms with Gasteiger partial charge in [-0.3, -0.25) is 0 Å². The van der Waals surface area contributed by atoms with Gasteiger partial charge in [-0.05, 0) is 49.1 Å². The van der Waals surface area contributed by atoms with E-state index in [1.54, 1.807) is 12.1 Å². The van der Waals surface area contributed by atoms with Gasteiger partial charge in [-0.2, -0.15) is 4.68 Å². The molecule has 2 aromatic carbocycles. The van der Waals surface area contributed by atoms with Crippen LogP contribution in [0.15, 0.2) is 63.8 Å². The van der Waals surface area contributed by atoms with Gasteiger partial charge in [0.15, 0.2) is 0 Å². The second kappa shape index (κ2) is 7.50. The van der Waals surface area contributed by atoms with E-state index < -0.39 is 5.76 Å². The van der Waals surface area contributed by atoms with E-state index in [4.69, 9.17) is 9.15 Å². The van der Waals surface area contributed by atoms with E-state index in [2.05, 4.69) is 17.2 Å². The highest BCUT2D eigenvalue weighted by atomic mass is 16.6. The number of nitrogens with zero attached hydrogens (tertiary/aromatic N) is 2. The summed E-state index contributed by atoms with van der Waals surface area (Å²) in [4.78, 5) is 11.8. The van der Waals surface area contributed by atoms with Gasteiger partial charge in [0.1, 0.15) is 5.75 Å². The minimum absolute atomic E-state index is 0.0483. The summed E-state index contributed by atoms with van der Waals surface area (Å²) >= 11 is 0. The number of hydrogen-bond donors (Lipinski definition) is 1. The molecule has 6 heteroatoms. The first-order chi connectivity index (χ1) is 11.7. The minimum Gasteiger partial charge on any atom is -0.508 e. The zero-order valence-electron chi connectivity index (χ0n) is 13.1. The van der Waals surface area contributed by atoms with Crippen LogP contribution in [0.25, 0.3) is 5.69 Å². The number of aromatic nitrogens is 2. The molecule has 3 rings (SSSR count). The monoisotopic (exact) mass is 326 g/mol. The van der Waals surface area contributed by atoms with Gasteiger partial charge < -0.3 is 14.3 Å².